The molecule has 1 aliphatic heterocycles. The van der Waals surface area contributed by atoms with E-state index in [1.807, 2.05) is 0 Å². The molecule has 8 heteroatoms. The van der Waals surface area contributed by atoms with Gasteiger partial charge in [0, 0.05) is 33.3 Å². The Bertz CT molecular complexity index is 1190. The maximum absolute atomic E-state index is 13.1. The zero-order valence-electron chi connectivity index (χ0n) is 24.6. The first-order valence-corrected chi connectivity index (χ1v) is 15.0. The van der Waals surface area contributed by atoms with Crippen LogP contribution in [-0.4, -0.2) is 52.1 Å². The smallest absolute Gasteiger partial charge is 0.326 e. The fraction of sp³-hybridized carbons (Fsp3) is 0.594. The van der Waals surface area contributed by atoms with Gasteiger partial charge in [-0.25, -0.2) is 4.98 Å². The number of alkyl halides is 3. The van der Waals surface area contributed by atoms with Gasteiger partial charge >= 0.3 is 6.18 Å². The zero-order chi connectivity index (χ0) is 28.7. The van der Waals surface area contributed by atoms with Crippen molar-refractivity contribution in [1.29, 1.82) is 0 Å². The van der Waals surface area contributed by atoms with E-state index in [-0.39, 0.29) is 1.43 Å². The number of benzene rings is 2. The molecule has 0 unspecified atom stereocenters. The number of piperidine rings is 1. The summed E-state index contributed by atoms with van der Waals surface area (Å²) in [7, 11) is 0. The maximum Gasteiger partial charge on any atom is 0.416 e. The predicted octanol–water partition coefficient (Wildman–Crippen LogP) is 8.42. The van der Waals surface area contributed by atoms with Crippen LogP contribution in [0.3, 0.4) is 0 Å². The molecule has 4 rings (SSSR count). The first-order chi connectivity index (χ1) is 19.1. The molecule has 0 aliphatic carbocycles. The van der Waals surface area contributed by atoms with Gasteiger partial charge in [0.05, 0.1) is 16.6 Å². The number of nitrogens with zero attached hydrogens (tertiary/aromatic N) is 4. The molecule has 0 spiro atoms. The molecule has 2 aromatic carbocycles. The molecule has 5 nitrogen and oxygen atoms in total. The Morgan fingerprint density at radius 2 is 1.55 bits per heavy atom. The monoisotopic (exact) mass is 559 g/mol. The zero-order valence-corrected chi connectivity index (χ0v) is 24.6. The third-order valence-electron chi connectivity index (χ3n) is 7.49. The molecule has 0 amide bonds. The lowest BCUT2D eigenvalue weighted by Gasteiger charge is -2.26. The molecule has 0 atom stereocenters. The second-order valence-electron chi connectivity index (χ2n) is 12.2. The Morgan fingerprint density at radius 3 is 2.17 bits per heavy atom. The molecule has 0 saturated carbocycles. The number of likely N-dealkylation sites (tertiary alicyclic amines) is 1. The minimum absolute atomic E-state index is 0. The number of rotatable bonds is 13. The van der Waals surface area contributed by atoms with Crippen molar-refractivity contribution in [3.05, 3.63) is 53.6 Å². The number of fused-ring (bicyclic) bond motifs is 1. The molecule has 0 bridgehead atoms. The molecule has 2 heterocycles. The highest BCUT2D eigenvalue weighted by molar-refractivity contribution is 5.80. The van der Waals surface area contributed by atoms with Crippen LogP contribution >= 0.6 is 0 Å². The Morgan fingerprint density at radius 1 is 0.900 bits per heavy atom. The number of imidazole rings is 1. The van der Waals surface area contributed by atoms with Gasteiger partial charge in [-0.2, -0.15) is 13.2 Å². The fourth-order valence-electron chi connectivity index (χ4n) is 5.74. The van der Waals surface area contributed by atoms with Gasteiger partial charge in [-0.3, -0.25) is 4.90 Å². The number of anilines is 2. The van der Waals surface area contributed by atoms with Gasteiger partial charge in [0.25, 0.3) is 0 Å². The number of aromatic nitrogens is 2. The first-order valence-electron chi connectivity index (χ1n) is 15.0. The number of nitrogens with one attached hydrogen (secondary N) is 1. The van der Waals surface area contributed by atoms with Crippen molar-refractivity contribution in [2.75, 3.05) is 38.0 Å². The van der Waals surface area contributed by atoms with E-state index >= 15 is 0 Å². The summed E-state index contributed by atoms with van der Waals surface area (Å²) < 4.78 is 41.5. The average Bonchev–Trinajstić information content (AvgIpc) is 3.22. The van der Waals surface area contributed by atoms with Crippen LogP contribution in [0.5, 0.6) is 0 Å². The Balaban J connectivity index is 0.00000462. The van der Waals surface area contributed by atoms with E-state index in [1.54, 1.807) is 0 Å². The van der Waals surface area contributed by atoms with Gasteiger partial charge in [0.15, 0.2) is 0 Å². The summed E-state index contributed by atoms with van der Waals surface area (Å²) in [4.78, 5) is 9.96. The van der Waals surface area contributed by atoms with Crippen molar-refractivity contribution in [2.45, 2.75) is 79.1 Å². The number of hydrogen-bond donors (Lipinski definition) is 1. The number of hydrogen-bond acceptors (Lipinski definition) is 4. The lowest BCUT2D eigenvalue weighted by molar-refractivity contribution is -0.137. The van der Waals surface area contributed by atoms with Crippen LogP contribution in [0.4, 0.5) is 24.8 Å². The van der Waals surface area contributed by atoms with Gasteiger partial charge in [-0.05, 0) is 99.1 Å². The number of aryl methyl sites for hydroxylation is 1. The molecule has 1 aliphatic rings. The molecular formula is C32H48F3N5. The predicted molar refractivity (Wildman–Crippen MR) is 161 cm³/mol. The Hall–Kier alpha value is -2.58. The first kappa shape index (κ1) is 30.4. The van der Waals surface area contributed by atoms with Gasteiger partial charge in [-0.15, -0.1) is 0 Å². The summed E-state index contributed by atoms with van der Waals surface area (Å²) in [6, 6.07) is 11.7. The molecule has 1 fully saturated rings. The van der Waals surface area contributed by atoms with E-state index in [0.717, 1.165) is 68.7 Å². The minimum atomic E-state index is -4.35. The molecule has 1 N–H and O–H groups in total. The second-order valence-corrected chi connectivity index (χ2v) is 12.2. The third kappa shape index (κ3) is 8.71. The summed E-state index contributed by atoms with van der Waals surface area (Å²) >= 11 is 0. The summed E-state index contributed by atoms with van der Waals surface area (Å²) in [5.41, 5.74) is 3.16. The fourth-order valence-corrected chi connectivity index (χ4v) is 5.74. The SMILES string of the molecule is CC(C)CN(Cc1ccc2nc(Nc3ccc(C(F)(F)F)cc3)n(CCCCN3CCCCC3)c2c1)CC(C)C.[HH]. The van der Waals surface area contributed by atoms with Crippen molar-refractivity contribution < 1.29 is 14.6 Å². The molecule has 222 valence electrons. The van der Waals surface area contributed by atoms with Gasteiger partial charge in [0.2, 0.25) is 5.95 Å². The van der Waals surface area contributed by atoms with Gasteiger partial charge in [-0.1, -0.05) is 40.2 Å². The van der Waals surface area contributed by atoms with Crippen LogP contribution in [0.2, 0.25) is 0 Å². The van der Waals surface area contributed by atoms with E-state index in [9.17, 15) is 13.2 Å². The van der Waals surface area contributed by atoms with E-state index in [2.05, 4.69) is 65.6 Å². The highest BCUT2D eigenvalue weighted by Crippen LogP contribution is 2.31. The third-order valence-corrected chi connectivity index (χ3v) is 7.49. The molecule has 40 heavy (non-hydrogen) atoms. The molecule has 1 aromatic heterocycles. The van der Waals surface area contributed by atoms with E-state index in [1.165, 1.54) is 50.0 Å². The average molecular weight is 560 g/mol. The van der Waals surface area contributed by atoms with Crippen LogP contribution < -0.4 is 5.32 Å². The normalized spacial score (nSPS) is 15.2. The van der Waals surface area contributed by atoms with E-state index in [4.69, 9.17) is 4.98 Å². The summed E-state index contributed by atoms with van der Waals surface area (Å²) in [6.07, 6.45) is 1.69. The summed E-state index contributed by atoms with van der Waals surface area (Å²) in [6.45, 7) is 16.3. The maximum atomic E-state index is 13.1. The lowest BCUT2D eigenvalue weighted by atomic mass is 10.1. The van der Waals surface area contributed by atoms with E-state index < -0.39 is 11.7 Å². The van der Waals surface area contributed by atoms with Gasteiger partial charge in [0.1, 0.15) is 0 Å². The number of halogens is 3. The van der Waals surface area contributed by atoms with Crippen LogP contribution in [-0.2, 0) is 19.3 Å². The van der Waals surface area contributed by atoms with Crippen molar-refractivity contribution in [3.8, 4) is 0 Å². The van der Waals surface area contributed by atoms with Crippen LogP contribution in [0.15, 0.2) is 42.5 Å². The minimum Gasteiger partial charge on any atom is -0.326 e. The standard InChI is InChI=1S/C32H46F3N5.H2/c1-24(2)21-39(22-25(3)4)23-26-10-15-29-30(20-26)40(19-9-8-18-38-16-6-5-7-17-38)31(37-29)36-28-13-11-27(12-14-28)32(33,34)35;/h10-15,20,24-25H,5-9,16-19,21-23H2,1-4H3,(H,36,37);1H. The summed E-state index contributed by atoms with van der Waals surface area (Å²) in [5, 5.41) is 3.31. The van der Waals surface area contributed by atoms with E-state index in [0.29, 0.717) is 23.5 Å². The molecule has 3 aromatic rings. The molecule has 0 radical (unpaired) electrons. The molecular weight excluding hydrogens is 511 g/mol. The quantitative estimate of drug-likeness (QED) is 0.213. The van der Waals surface area contributed by atoms with Crippen molar-refractivity contribution >= 4 is 22.7 Å². The highest BCUT2D eigenvalue weighted by atomic mass is 19.4. The summed E-state index contributed by atoms with van der Waals surface area (Å²) in [5.74, 6) is 1.85. The Kier molecular flexibility index (Phi) is 10.5. The number of unbranched alkanes of at least 4 members (excludes halogenated alkanes) is 1. The topological polar surface area (TPSA) is 36.3 Å². The van der Waals surface area contributed by atoms with Crippen molar-refractivity contribution in [3.63, 3.8) is 0 Å². The van der Waals surface area contributed by atoms with Crippen molar-refractivity contribution in [2.24, 2.45) is 11.8 Å². The van der Waals surface area contributed by atoms with Gasteiger partial charge < -0.3 is 14.8 Å². The van der Waals surface area contributed by atoms with Crippen LogP contribution in [0.1, 0.15) is 72.4 Å². The van der Waals surface area contributed by atoms with Crippen molar-refractivity contribution in [1.82, 2.24) is 19.4 Å². The molecule has 1 saturated heterocycles. The second kappa shape index (κ2) is 13.9. The lowest BCUT2D eigenvalue weighted by Crippen LogP contribution is -2.30. The largest absolute Gasteiger partial charge is 0.416 e. The highest BCUT2D eigenvalue weighted by Gasteiger charge is 2.30. The Labute approximate surface area is 239 Å². The van der Waals surface area contributed by atoms with Crippen LogP contribution in [0.25, 0.3) is 11.0 Å². The van der Waals surface area contributed by atoms with Crippen LogP contribution in [0, 0.1) is 11.8 Å².